The SMILES string of the molecule is CCC1CCC(n2cc(C(C)=O)cc2C(=O)O)CC1. The first-order valence-corrected chi connectivity index (χ1v) is 6.99. The summed E-state index contributed by atoms with van der Waals surface area (Å²) in [5.41, 5.74) is 0.736. The molecule has 0 unspecified atom stereocenters. The van der Waals surface area contributed by atoms with Gasteiger partial charge in [0.25, 0.3) is 0 Å². The molecule has 1 fully saturated rings. The summed E-state index contributed by atoms with van der Waals surface area (Å²) in [7, 11) is 0. The Labute approximate surface area is 113 Å². The average molecular weight is 263 g/mol. The van der Waals surface area contributed by atoms with Crippen LogP contribution in [0.3, 0.4) is 0 Å². The summed E-state index contributed by atoms with van der Waals surface area (Å²) in [6.45, 7) is 3.68. The topological polar surface area (TPSA) is 59.3 Å². The number of aromatic carboxylic acids is 1. The van der Waals surface area contributed by atoms with Crippen LogP contribution >= 0.6 is 0 Å². The molecule has 4 heteroatoms. The second-order valence-corrected chi connectivity index (χ2v) is 5.47. The Morgan fingerprint density at radius 1 is 1.32 bits per heavy atom. The smallest absolute Gasteiger partial charge is 0.352 e. The third-order valence-corrected chi connectivity index (χ3v) is 4.26. The van der Waals surface area contributed by atoms with Crippen molar-refractivity contribution in [1.82, 2.24) is 4.57 Å². The number of aromatic nitrogens is 1. The molecule has 0 spiro atoms. The van der Waals surface area contributed by atoms with E-state index in [1.807, 2.05) is 0 Å². The fraction of sp³-hybridized carbons (Fsp3) is 0.600. The second kappa shape index (κ2) is 5.59. The van der Waals surface area contributed by atoms with E-state index in [0.717, 1.165) is 31.6 Å². The molecule has 1 aliphatic rings. The maximum atomic E-state index is 11.4. The zero-order valence-electron chi connectivity index (χ0n) is 11.6. The Morgan fingerprint density at radius 3 is 2.42 bits per heavy atom. The number of rotatable bonds is 4. The van der Waals surface area contributed by atoms with Gasteiger partial charge in [0.05, 0.1) is 0 Å². The van der Waals surface area contributed by atoms with Crippen molar-refractivity contribution in [3.63, 3.8) is 0 Å². The number of carboxylic acid groups (broad SMARTS) is 1. The summed E-state index contributed by atoms with van der Waals surface area (Å²) in [4.78, 5) is 22.7. The monoisotopic (exact) mass is 263 g/mol. The van der Waals surface area contributed by atoms with Gasteiger partial charge in [0.2, 0.25) is 0 Å². The van der Waals surface area contributed by atoms with E-state index in [9.17, 15) is 14.7 Å². The van der Waals surface area contributed by atoms with Gasteiger partial charge in [-0.3, -0.25) is 4.79 Å². The number of ketones is 1. The van der Waals surface area contributed by atoms with Crippen molar-refractivity contribution < 1.29 is 14.7 Å². The first kappa shape index (κ1) is 13.8. The van der Waals surface area contributed by atoms with Crippen LogP contribution < -0.4 is 0 Å². The molecule has 4 nitrogen and oxygen atoms in total. The van der Waals surface area contributed by atoms with Gasteiger partial charge >= 0.3 is 5.97 Å². The van der Waals surface area contributed by atoms with Crippen LogP contribution in [-0.2, 0) is 0 Å². The van der Waals surface area contributed by atoms with E-state index in [0.29, 0.717) is 5.56 Å². The molecule has 19 heavy (non-hydrogen) atoms. The number of nitrogens with zero attached hydrogens (tertiary/aromatic N) is 1. The van der Waals surface area contributed by atoms with Gasteiger partial charge in [-0.25, -0.2) is 4.79 Å². The van der Waals surface area contributed by atoms with Crippen molar-refractivity contribution in [2.24, 2.45) is 5.92 Å². The fourth-order valence-corrected chi connectivity index (χ4v) is 2.98. The molecule has 1 aliphatic carbocycles. The van der Waals surface area contributed by atoms with Crippen LogP contribution in [-0.4, -0.2) is 21.4 Å². The van der Waals surface area contributed by atoms with E-state index >= 15 is 0 Å². The molecule has 0 saturated heterocycles. The molecule has 2 rings (SSSR count). The maximum Gasteiger partial charge on any atom is 0.352 e. The van der Waals surface area contributed by atoms with E-state index in [1.165, 1.54) is 19.4 Å². The summed E-state index contributed by atoms with van der Waals surface area (Å²) in [6.07, 6.45) is 7.21. The predicted molar refractivity (Wildman–Crippen MR) is 72.7 cm³/mol. The van der Waals surface area contributed by atoms with Gasteiger partial charge < -0.3 is 9.67 Å². The van der Waals surface area contributed by atoms with Gasteiger partial charge in [0.15, 0.2) is 5.78 Å². The Kier molecular flexibility index (Phi) is 4.08. The molecule has 1 heterocycles. The van der Waals surface area contributed by atoms with Crippen LogP contribution in [0.5, 0.6) is 0 Å². The van der Waals surface area contributed by atoms with E-state index in [-0.39, 0.29) is 17.5 Å². The summed E-state index contributed by atoms with van der Waals surface area (Å²) in [6, 6.07) is 1.72. The Balaban J connectivity index is 2.24. The van der Waals surface area contributed by atoms with Gasteiger partial charge in [-0.1, -0.05) is 13.3 Å². The Hall–Kier alpha value is -1.58. The lowest BCUT2D eigenvalue weighted by Crippen LogP contribution is -2.20. The molecule has 0 bridgehead atoms. The van der Waals surface area contributed by atoms with Gasteiger partial charge in [-0.15, -0.1) is 0 Å². The zero-order valence-corrected chi connectivity index (χ0v) is 11.6. The first-order chi connectivity index (χ1) is 9.02. The minimum Gasteiger partial charge on any atom is -0.477 e. The molecule has 0 radical (unpaired) electrons. The number of carboxylic acids is 1. The van der Waals surface area contributed by atoms with Gasteiger partial charge in [-0.2, -0.15) is 0 Å². The van der Waals surface area contributed by atoms with Crippen molar-refractivity contribution in [3.05, 3.63) is 23.5 Å². The van der Waals surface area contributed by atoms with Crippen LogP contribution in [0.25, 0.3) is 0 Å². The van der Waals surface area contributed by atoms with Crippen LogP contribution in [0.15, 0.2) is 12.3 Å². The van der Waals surface area contributed by atoms with Crippen molar-refractivity contribution >= 4 is 11.8 Å². The van der Waals surface area contributed by atoms with E-state index in [4.69, 9.17) is 0 Å². The summed E-state index contributed by atoms with van der Waals surface area (Å²) < 4.78 is 1.80. The average Bonchev–Trinajstić information content (AvgIpc) is 2.84. The van der Waals surface area contributed by atoms with E-state index < -0.39 is 5.97 Å². The number of hydrogen-bond donors (Lipinski definition) is 1. The molecule has 0 amide bonds. The minimum absolute atomic E-state index is 0.0801. The van der Waals surface area contributed by atoms with Crippen LogP contribution in [0.4, 0.5) is 0 Å². The van der Waals surface area contributed by atoms with Crippen LogP contribution in [0.1, 0.15) is 72.8 Å². The summed E-state index contributed by atoms with van der Waals surface area (Å²) in [5, 5.41) is 9.26. The van der Waals surface area contributed by atoms with Gasteiger partial charge in [0.1, 0.15) is 5.69 Å². The van der Waals surface area contributed by atoms with Crippen molar-refractivity contribution in [2.75, 3.05) is 0 Å². The Bertz CT molecular complexity index is 482. The quantitative estimate of drug-likeness (QED) is 0.845. The largest absolute Gasteiger partial charge is 0.477 e. The molecular weight excluding hydrogens is 242 g/mol. The molecule has 0 aliphatic heterocycles. The summed E-state index contributed by atoms with van der Waals surface area (Å²) >= 11 is 0. The highest BCUT2D eigenvalue weighted by Gasteiger charge is 2.25. The maximum absolute atomic E-state index is 11.4. The predicted octanol–water partition coefficient (Wildman–Crippen LogP) is 3.53. The summed E-state index contributed by atoms with van der Waals surface area (Å²) in [5.74, 6) is -0.263. The highest BCUT2D eigenvalue weighted by atomic mass is 16.4. The number of Topliss-reactive ketones (excluding diaryl/α,β-unsaturated/α-hetero) is 1. The fourth-order valence-electron chi connectivity index (χ4n) is 2.98. The van der Waals surface area contributed by atoms with Crippen LogP contribution in [0.2, 0.25) is 0 Å². The van der Waals surface area contributed by atoms with Gasteiger partial charge in [0, 0.05) is 17.8 Å². The zero-order chi connectivity index (χ0) is 14.0. The lowest BCUT2D eigenvalue weighted by molar-refractivity contribution is 0.0680. The highest BCUT2D eigenvalue weighted by molar-refractivity contribution is 5.97. The molecule has 0 atom stereocenters. The molecule has 1 aromatic rings. The minimum atomic E-state index is -0.954. The lowest BCUT2D eigenvalue weighted by atomic mass is 9.84. The number of hydrogen-bond acceptors (Lipinski definition) is 2. The second-order valence-electron chi connectivity index (χ2n) is 5.47. The standard InChI is InChI=1S/C15H21NO3/c1-3-11-4-6-13(7-5-11)16-9-12(10(2)17)8-14(16)15(18)19/h8-9,11,13H,3-7H2,1-2H3,(H,18,19). The third kappa shape index (κ3) is 2.88. The molecular formula is C15H21NO3. The molecule has 0 aromatic carbocycles. The van der Waals surface area contributed by atoms with Crippen molar-refractivity contribution in [3.8, 4) is 0 Å². The highest BCUT2D eigenvalue weighted by Crippen LogP contribution is 2.35. The van der Waals surface area contributed by atoms with Crippen LogP contribution in [0, 0.1) is 5.92 Å². The van der Waals surface area contributed by atoms with E-state index in [2.05, 4.69) is 6.92 Å². The van der Waals surface area contributed by atoms with Gasteiger partial charge in [-0.05, 0) is 44.6 Å². The number of carbonyl (C=O) groups excluding carboxylic acids is 1. The molecule has 1 aromatic heterocycles. The normalized spacial score (nSPS) is 23.3. The molecule has 1 saturated carbocycles. The Morgan fingerprint density at radius 2 is 1.95 bits per heavy atom. The first-order valence-electron chi connectivity index (χ1n) is 6.99. The third-order valence-electron chi connectivity index (χ3n) is 4.26. The molecule has 104 valence electrons. The van der Waals surface area contributed by atoms with Crippen molar-refractivity contribution in [1.29, 1.82) is 0 Å². The molecule has 1 N–H and O–H groups in total. The van der Waals surface area contributed by atoms with E-state index in [1.54, 1.807) is 10.8 Å². The van der Waals surface area contributed by atoms with Crippen molar-refractivity contribution in [2.45, 2.75) is 52.0 Å². The lowest BCUT2D eigenvalue weighted by Gasteiger charge is -2.29. The number of carbonyl (C=O) groups is 2.